The minimum atomic E-state index is -3.03. The number of carbonyl (C=O) groups is 10. The van der Waals surface area contributed by atoms with E-state index in [1.54, 1.807) is 20.1 Å². The van der Waals surface area contributed by atoms with Gasteiger partial charge >= 0.3 is 23.9 Å². The highest BCUT2D eigenvalue weighted by molar-refractivity contribution is 7.98. The summed E-state index contributed by atoms with van der Waals surface area (Å²) in [7, 11) is 0. The fourth-order valence-corrected chi connectivity index (χ4v) is 5.58. The molecule has 324 valence electrons. The molecule has 20 nitrogen and oxygen atoms in total. The molecular formula is C34H54F2N6O14S. The minimum absolute atomic E-state index is 0.124. The third-order valence-electron chi connectivity index (χ3n) is 7.96. The lowest BCUT2D eigenvalue weighted by atomic mass is 9.98. The highest BCUT2D eigenvalue weighted by Crippen LogP contribution is 2.12. The summed E-state index contributed by atoms with van der Waals surface area (Å²) in [6.07, 6.45) is -7.06. The van der Waals surface area contributed by atoms with Gasteiger partial charge in [0, 0.05) is 37.6 Å². The molecule has 0 spiro atoms. The standard InChI is InChI=1S/C34H54F2N6O14S/c1-16(2)29(51)22(14-24(35)36)42-32(54)20(8-11-27(47)48)38-30(52)18(6-9-25(43)44)39-33(55)21(12-13-57-5)41-31(53)19(7-10-26(45)46)40-34(56)23(15-28(49)50)37-17(3)4/h16-24,37H,6-15H2,1-5H3,(H,38,52)(H,39,55)(H,40,56)(H,41,53)(H,42,54)(H,43,44)(H,45,46)(H,47,48)(H,49,50)/t18-,19-,20-,21-,22?,23-/m0/s1. The van der Waals surface area contributed by atoms with E-state index in [9.17, 15) is 77.2 Å². The lowest BCUT2D eigenvalue weighted by molar-refractivity contribution is -0.141. The van der Waals surface area contributed by atoms with Crippen molar-refractivity contribution in [2.45, 2.75) is 134 Å². The Hall–Kier alpha value is -4.93. The first-order valence-electron chi connectivity index (χ1n) is 17.9. The molecule has 0 aromatic carbocycles. The van der Waals surface area contributed by atoms with Crippen molar-refractivity contribution in [1.29, 1.82) is 0 Å². The van der Waals surface area contributed by atoms with Crippen LogP contribution in [0.2, 0.25) is 0 Å². The molecule has 1 unspecified atom stereocenters. The fourth-order valence-electron chi connectivity index (χ4n) is 5.11. The van der Waals surface area contributed by atoms with Crippen LogP contribution in [0.4, 0.5) is 8.78 Å². The molecule has 0 heterocycles. The van der Waals surface area contributed by atoms with Gasteiger partial charge in [0.05, 0.1) is 18.5 Å². The van der Waals surface area contributed by atoms with Crippen LogP contribution in [0.5, 0.6) is 0 Å². The Kier molecular flexibility index (Phi) is 24.5. The lowest BCUT2D eigenvalue weighted by Crippen LogP contribution is -2.59. The van der Waals surface area contributed by atoms with Crippen LogP contribution in [0.15, 0.2) is 0 Å². The van der Waals surface area contributed by atoms with Crippen molar-refractivity contribution in [3.8, 4) is 0 Å². The maximum atomic E-state index is 13.6. The summed E-state index contributed by atoms with van der Waals surface area (Å²) in [6.45, 7) is 6.06. The van der Waals surface area contributed by atoms with Crippen LogP contribution in [-0.2, 0) is 47.9 Å². The number of alkyl halides is 2. The summed E-state index contributed by atoms with van der Waals surface area (Å²) in [5.74, 6) is -12.4. The Bertz CT molecular complexity index is 1440. The lowest BCUT2D eigenvalue weighted by Gasteiger charge is -2.27. The Balaban J connectivity index is 6.51. The van der Waals surface area contributed by atoms with Gasteiger partial charge in [0.25, 0.3) is 0 Å². The summed E-state index contributed by atoms with van der Waals surface area (Å²) < 4.78 is 26.6. The van der Waals surface area contributed by atoms with Gasteiger partial charge in [0.1, 0.15) is 24.2 Å². The summed E-state index contributed by atoms with van der Waals surface area (Å²) >= 11 is 1.23. The zero-order chi connectivity index (χ0) is 44.0. The minimum Gasteiger partial charge on any atom is -0.481 e. The second-order valence-electron chi connectivity index (χ2n) is 13.5. The molecular weight excluding hydrogens is 786 g/mol. The van der Waals surface area contributed by atoms with Crippen molar-refractivity contribution in [3.63, 3.8) is 0 Å². The first-order valence-corrected chi connectivity index (χ1v) is 19.3. The molecule has 0 rings (SSSR count). The first kappa shape index (κ1) is 52.1. The summed E-state index contributed by atoms with van der Waals surface area (Å²) in [5, 5.41) is 51.1. The van der Waals surface area contributed by atoms with Gasteiger partial charge in [-0.25, -0.2) is 8.78 Å². The molecule has 23 heteroatoms. The van der Waals surface area contributed by atoms with Crippen molar-refractivity contribution in [3.05, 3.63) is 0 Å². The average molecular weight is 841 g/mol. The second kappa shape index (κ2) is 26.8. The average Bonchev–Trinajstić information content (AvgIpc) is 3.09. The molecule has 0 aliphatic rings. The molecule has 6 atom stereocenters. The van der Waals surface area contributed by atoms with Crippen molar-refractivity contribution in [2.24, 2.45) is 5.92 Å². The van der Waals surface area contributed by atoms with E-state index in [-0.39, 0.29) is 18.2 Å². The molecule has 0 radical (unpaired) electrons. The predicted octanol–water partition coefficient (Wildman–Crippen LogP) is -0.520. The van der Waals surface area contributed by atoms with Crippen LogP contribution in [-0.4, -0.2) is 140 Å². The number of carbonyl (C=O) groups excluding carboxylic acids is 6. The van der Waals surface area contributed by atoms with Crippen LogP contribution in [0.1, 0.15) is 85.5 Å². The number of aliphatic carboxylic acids is 4. The number of ketones is 1. The molecule has 0 aromatic heterocycles. The maximum Gasteiger partial charge on any atom is 0.305 e. The monoisotopic (exact) mass is 840 g/mol. The Morgan fingerprint density at radius 2 is 0.842 bits per heavy atom. The molecule has 0 aliphatic heterocycles. The summed E-state index contributed by atoms with van der Waals surface area (Å²) in [4.78, 5) is 125. The first-order chi connectivity index (χ1) is 26.5. The predicted molar refractivity (Wildman–Crippen MR) is 198 cm³/mol. The van der Waals surface area contributed by atoms with Gasteiger partial charge < -0.3 is 52.3 Å². The van der Waals surface area contributed by atoms with E-state index in [2.05, 4.69) is 31.9 Å². The van der Waals surface area contributed by atoms with Crippen molar-refractivity contribution < 1.29 is 77.2 Å². The number of nitrogens with one attached hydrogen (secondary N) is 6. The molecule has 0 fully saturated rings. The Morgan fingerprint density at radius 1 is 0.509 bits per heavy atom. The quantitative estimate of drug-likeness (QED) is 0.0435. The Labute approximate surface area is 331 Å². The molecule has 0 aromatic rings. The second-order valence-corrected chi connectivity index (χ2v) is 14.5. The van der Waals surface area contributed by atoms with Crippen molar-refractivity contribution in [1.82, 2.24) is 31.9 Å². The van der Waals surface area contributed by atoms with Crippen LogP contribution >= 0.6 is 11.8 Å². The maximum absolute atomic E-state index is 13.6. The number of carboxylic acids is 4. The SMILES string of the molecule is CSCC[C@H](NC(=O)[C@H](CCC(=O)O)NC(=O)[C@H](CC(=O)O)NC(C)C)C(=O)N[C@@H](CCC(=O)O)C(=O)N[C@@H](CCC(=O)O)C(=O)NC(CC(F)F)C(=O)C(C)C. The smallest absolute Gasteiger partial charge is 0.305 e. The number of thioether (sulfide) groups is 1. The fraction of sp³-hybridized carbons (Fsp3) is 0.706. The molecule has 10 N–H and O–H groups in total. The van der Waals surface area contributed by atoms with Gasteiger partial charge in [-0.3, -0.25) is 47.9 Å². The van der Waals surface area contributed by atoms with E-state index in [0.29, 0.717) is 0 Å². The zero-order valence-electron chi connectivity index (χ0n) is 32.3. The van der Waals surface area contributed by atoms with Crippen LogP contribution in [0, 0.1) is 5.92 Å². The number of halogens is 2. The number of hydrogen-bond acceptors (Lipinski definition) is 12. The van der Waals surface area contributed by atoms with Crippen molar-refractivity contribution in [2.75, 3.05) is 12.0 Å². The molecule has 0 bridgehead atoms. The van der Waals surface area contributed by atoms with E-state index in [4.69, 9.17) is 0 Å². The number of hydrogen-bond donors (Lipinski definition) is 10. The molecule has 5 amide bonds. The van der Waals surface area contributed by atoms with Crippen LogP contribution < -0.4 is 31.9 Å². The number of carboxylic acid groups (broad SMARTS) is 4. The number of Topliss-reactive ketones (excluding diaryl/α,β-unsaturated/α-hetero) is 1. The topological polar surface area (TPSA) is 324 Å². The highest BCUT2D eigenvalue weighted by atomic mass is 32.2. The van der Waals surface area contributed by atoms with Crippen LogP contribution in [0.3, 0.4) is 0 Å². The molecule has 0 aliphatic carbocycles. The number of amides is 5. The van der Waals surface area contributed by atoms with Gasteiger partial charge in [-0.1, -0.05) is 27.7 Å². The third-order valence-corrected chi connectivity index (χ3v) is 8.60. The largest absolute Gasteiger partial charge is 0.481 e. The van der Waals surface area contributed by atoms with Gasteiger partial charge in [-0.05, 0) is 37.7 Å². The summed E-state index contributed by atoms with van der Waals surface area (Å²) in [6, 6.07) is -10.0. The van der Waals surface area contributed by atoms with Gasteiger partial charge in [-0.15, -0.1) is 0 Å². The van der Waals surface area contributed by atoms with E-state index >= 15 is 0 Å². The molecule has 0 saturated carbocycles. The van der Waals surface area contributed by atoms with E-state index in [0.717, 1.165) is 0 Å². The van der Waals surface area contributed by atoms with Crippen molar-refractivity contribution >= 4 is 71.0 Å². The van der Waals surface area contributed by atoms with Crippen LogP contribution in [0.25, 0.3) is 0 Å². The molecule has 0 saturated heterocycles. The number of rotatable bonds is 30. The summed E-state index contributed by atoms with van der Waals surface area (Å²) in [5.41, 5.74) is 0. The third kappa shape index (κ3) is 22.4. The van der Waals surface area contributed by atoms with E-state index < -0.39 is 159 Å². The Morgan fingerprint density at radius 3 is 1.12 bits per heavy atom. The van der Waals surface area contributed by atoms with E-state index in [1.165, 1.54) is 25.6 Å². The molecule has 57 heavy (non-hydrogen) atoms. The van der Waals surface area contributed by atoms with Gasteiger partial charge in [0.15, 0.2) is 5.78 Å². The van der Waals surface area contributed by atoms with E-state index in [1.807, 2.05) is 0 Å². The highest BCUT2D eigenvalue weighted by Gasteiger charge is 2.35. The van der Waals surface area contributed by atoms with Gasteiger partial charge in [-0.2, -0.15) is 11.8 Å². The normalized spacial score (nSPS) is 14.4. The zero-order valence-corrected chi connectivity index (χ0v) is 33.1. The van der Waals surface area contributed by atoms with Gasteiger partial charge in [0.2, 0.25) is 36.0 Å².